The lowest BCUT2D eigenvalue weighted by molar-refractivity contribution is -0.384. The number of hydrogen-bond donors (Lipinski definition) is 1. The van der Waals surface area contributed by atoms with Crippen molar-refractivity contribution in [1.82, 2.24) is 0 Å². The van der Waals surface area contributed by atoms with E-state index < -0.39 is 4.92 Å². The molecule has 0 bridgehead atoms. The molecule has 1 N–H and O–H groups in total. The molecule has 0 aromatic heterocycles. The number of nitrogens with zero attached hydrogens (tertiary/aromatic N) is 2. The van der Waals surface area contributed by atoms with E-state index in [1.807, 2.05) is 6.92 Å². The number of hydrogen-bond acceptors (Lipinski definition) is 4. The summed E-state index contributed by atoms with van der Waals surface area (Å²) in [5.74, 6) is 0.244. The molecule has 2 unspecified atom stereocenters. The van der Waals surface area contributed by atoms with Gasteiger partial charge in [-0.25, -0.2) is 0 Å². The third-order valence-corrected chi connectivity index (χ3v) is 4.01. The van der Waals surface area contributed by atoms with Gasteiger partial charge in [-0.3, -0.25) is 10.1 Å². The van der Waals surface area contributed by atoms with Crippen molar-refractivity contribution in [2.24, 2.45) is 5.92 Å². The van der Waals surface area contributed by atoms with Gasteiger partial charge in [-0.05, 0) is 31.9 Å². The molecular formula is C13H17ClN2O3. The number of aryl methyl sites for hydroxylation is 1. The first-order chi connectivity index (χ1) is 8.90. The molecule has 0 spiro atoms. The third kappa shape index (κ3) is 2.82. The summed E-state index contributed by atoms with van der Waals surface area (Å²) in [6, 6.07) is 3.16. The van der Waals surface area contributed by atoms with Crippen molar-refractivity contribution < 1.29 is 10.0 Å². The Kier molecular flexibility index (Phi) is 3.96. The first kappa shape index (κ1) is 14.1. The molecule has 1 saturated heterocycles. The van der Waals surface area contributed by atoms with Crippen LogP contribution < -0.4 is 4.90 Å². The standard InChI is InChI=1S/C13H17ClN2O3/c1-8-5-13(16(18)19)11(14)6-12(8)15-4-3-10(7-15)9(2)17/h5-6,9-10,17H,3-4,7H2,1-2H3. The van der Waals surface area contributed by atoms with Crippen LogP contribution in [0.15, 0.2) is 12.1 Å². The van der Waals surface area contributed by atoms with Gasteiger partial charge in [0.2, 0.25) is 0 Å². The summed E-state index contributed by atoms with van der Waals surface area (Å²) in [4.78, 5) is 12.5. The van der Waals surface area contributed by atoms with Crippen molar-refractivity contribution in [2.75, 3.05) is 18.0 Å². The molecule has 2 rings (SSSR count). The maximum atomic E-state index is 10.8. The van der Waals surface area contributed by atoms with Crippen molar-refractivity contribution in [2.45, 2.75) is 26.4 Å². The maximum Gasteiger partial charge on any atom is 0.288 e. The molecule has 0 saturated carbocycles. The molecular weight excluding hydrogens is 268 g/mol. The highest BCUT2D eigenvalue weighted by Crippen LogP contribution is 2.35. The second-order valence-corrected chi connectivity index (χ2v) is 5.49. The molecule has 1 aliphatic rings. The zero-order valence-corrected chi connectivity index (χ0v) is 11.7. The van der Waals surface area contributed by atoms with E-state index in [0.717, 1.165) is 30.8 Å². The maximum absolute atomic E-state index is 10.8. The SMILES string of the molecule is Cc1cc([N+](=O)[O-])c(Cl)cc1N1CCC(C(C)O)C1. The number of benzene rings is 1. The molecule has 1 heterocycles. The number of nitro benzene ring substituents is 1. The Bertz CT molecular complexity index is 505. The van der Waals surface area contributed by atoms with Crippen molar-refractivity contribution in [3.63, 3.8) is 0 Å². The van der Waals surface area contributed by atoms with Crippen LogP contribution in [0.4, 0.5) is 11.4 Å². The van der Waals surface area contributed by atoms with Gasteiger partial charge >= 0.3 is 0 Å². The van der Waals surface area contributed by atoms with Gasteiger partial charge in [0.15, 0.2) is 0 Å². The highest BCUT2D eigenvalue weighted by atomic mass is 35.5. The lowest BCUT2D eigenvalue weighted by atomic mass is 10.0. The van der Waals surface area contributed by atoms with Gasteiger partial charge < -0.3 is 10.0 Å². The van der Waals surface area contributed by atoms with Gasteiger partial charge in [0, 0.05) is 30.8 Å². The number of aliphatic hydroxyl groups excluding tert-OH is 1. The second kappa shape index (κ2) is 5.35. The summed E-state index contributed by atoms with van der Waals surface area (Å²) in [5, 5.41) is 20.6. The average Bonchev–Trinajstić information content (AvgIpc) is 2.80. The lowest BCUT2D eigenvalue weighted by Crippen LogP contribution is -2.24. The minimum atomic E-state index is -0.471. The van der Waals surface area contributed by atoms with E-state index in [9.17, 15) is 15.2 Å². The summed E-state index contributed by atoms with van der Waals surface area (Å²) in [7, 11) is 0. The Morgan fingerprint density at radius 3 is 2.79 bits per heavy atom. The molecule has 1 fully saturated rings. The number of nitro groups is 1. The van der Waals surface area contributed by atoms with E-state index in [2.05, 4.69) is 4.90 Å². The Balaban J connectivity index is 2.27. The normalized spacial score (nSPS) is 20.6. The number of halogens is 1. The summed E-state index contributed by atoms with van der Waals surface area (Å²) < 4.78 is 0. The van der Waals surface area contributed by atoms with Crippen LogP contribution in [0, 0.1) is 23.0 Å². The van der Waals surface area contributed by atoms with Crippen LogP contribution in [0.25, 0.3) is 0 Å². The van der Waals surface area contributed by atoms with Crippen molar-refractivity contribution in [3.05, 3.63) is 32.8 Å². The predicted octanol–water partition coefficient (Wildman–Crippen LogP) is 2.76. The van der Waals surface area contributed by atoms with Gasteiger partial charge in [0.05, 0.1) is 11.0 Å². The van der Waals surface area contributed by atoms with E-state index in [0.29, 0.717) is 0 Å². The van der Waals surface area contributed by atoms with Crippen LogP contribution in [0.2, 0.25) is 5.02 Å². The molecule has 5 nitrogen and oxygen atoms in total. The zero-order valence-electron chi connectivity index (χ0n) is 11.0. The molecule has 104 valence electrons. The largest absolute Gasteiger partial charge is 0.393 e. The smallest absolute Gasteiger partial charge is 0.288 e. The van der Waals surface area contributed by atoms with E-state index in [4.69, 9.17) is 11.6 Å². The monoisotopic (exact) mass is 284 g/mol. The Hall–Kier alpha value is -1.33. The highest BCUT2D eigenvalue weighted by Gasteiger charge is 2.28. The fraction of sp³-hybridized carbons (Fsp3) is 0.538. The molecule has 0 radical (unpaired) electrons. The summed E-state index contributed by atoms with van der Waals surface area (Å²) in [5.41, 5.74) is 1.69. The Morgan fingerprint density at radius 2 is 2.26 bits per heavy atom. The van der Waals surface area contributed by atoms with Crippen LogP contribution in [0.1, 0.15) is 18.9 Å². The van der Waals surface area contributed by atoms with Crippen LogP contribution in [0.3, 0.4) is 0 Å². The van der Waals surface area contributed by atoms with E-state index in [1.165, 1.54) is 6.07 Å². The minimum Gasteiger partial charge on any atom is -0.393 e. The van der Waals surface area contributed by atoms with Crippen molar-refractivity contribution >= 4 is 23.0 Å². The Labute approximate surface area is 116 Å². The average molecular weight is 285 g/mol. The number of aliphatic hydroxyl groups is 1. The first-order valence-corrected chi connectivity index (χ1v) is 6.65. The molecule has 2 atom stereocenters. The van der Waals surface area contributed by atoms with Gasteiger partial charge in [-0.2, -0.15) is 0 Å². The molecule has 1 aromatic carbocycles. The predicted molar refractivity (Wildman–Crippen MR) is 74.8 cm³/mol. The van der Waals surface area contributed by atoms with Crippen LogP contribution >= 0.6 is 11.6 Å². The van der Waals surface area contributed by atoms with Gasteiger partial charge in [-0.15, -0.1) is 0 Å². The first-order valence-electron chi connectivity index (χ1n) is 6.27. The molecule has 0 aliphatic carbocycles. The third-order valence-electron chi connectivity index (χ3n) is 3.71. The van der Waals surface area contributed by atoms with Gasteiger partial charge in [-0.1, -0.05) is 11.6 Å². The van der Waals surface area contributed by atoms with E-state index in [1.54, 1.807) is 13.0 Å². The molecule has 1 aromatic rings. The molecule has 1 aliphatic heterocycles. The zero-order chi connectivity index (χ0) is 14.2. The summed E-state index contributed by atoms with van der Waals surface area (Å²) >= 11 is 5.96. The molecule has 6 heteroatoms. The Morgan fingerprint density at radius 1 is 1.58 bits per heavy atom. The van der Waals surface area contributed by atoms with Crippen molar-refractivity contribution in [3.8, 4) is 0 Å². The van der Waals surface area contributed by atoms with Gasteiger partial charge in [0.25, 0.3) is 5.69 Å². The molecule has 19 heavy (non-hydrogen) atoms. The molecule has 0 amide bonds. The van der Waals surface area contributed by atoms with Gasteiger partial charge in [0.1, 0.15) is 5.02 Å². The van der Waals surface area contributed by atoms with Crippen molar-refractivity contribution in [1.29, 1.82) is 0 Å². The quantitative estimate of drug-likeness (QED) is 0.684. The fourth-order valence-corrected chi connectivity index (χ4v) is 2.76. The van der Waals surface area contributed by atoms with Crippen LogP contribution in [-0.4, -0.2) is 29.2 Å². The fourth-order valence-electron chi connectivity index (χ4n) is 2.54. The summed E-state index contributed by atoms with van der Waals surface area (Å²) in [6.45, 7) is 5.23. The summed E-state index contributed by atoms with van der Waals surface area (Å²) in [6.07, 6.45) is 0.588. The van der Waals surface area contributed by atoms with E-state index in [-0.39, 0.29) is 22.7 Å². The highest BCUT2D eigenvalue weighted by molar-refractivity contribution is 6.33. The number of anilines is 1. The number of rotatable bonds is 3. The lowest BCUT2D eigenvalue weighted by Gasteiger charge is -2.22. The topological polar surface area (TPSA) is 66.6 Å². The van der Waals surface area contributed by atoms with E-state index >= 15 is 0 Å². The second-order valence-electron chi connectivity index (χ2n) is 5.08. The van der Waals surface area contributed by atoms with Crippen LogP contribution in [-0.2, 0) is 0 Å². The van der Waals surface area contributed by atoms with Crippen LogP contribution in [0.5, 0.6) is 0 Å². The minimum absolute atomic E-state index is 0.0609.